The number of amides is 3. The van der Waals surface area contributed by atoms with Crippen LogP contribution in [-0.4, -0.2) is 58.8 Å². The summed E-state index contributed by atoms with van der Waals surface area (Å²) in [6.45, 7) is 10.3. The lowest BCUT2D eigenvalue weighted by Crippen LogP contribution is -2.52. The normalized spacial score (nSPS) is 14.7. The minimum absolute atomic E-state index is 0.0926. The molecule has 9 heteroatoms. The molecule has 2 heterocycles. The van der Waals surface area contributed by atoms with Gasteiger partial charge in [0.1, 0.15) is 18.2 Å². The number of nitrogens with zero attached hydrogens (tertiary/aromatic N) is 3. The standard InChI is InChI=1S/C27H35N5O4/c1-18(2)16-22(24(33)29-12-11-28)30-25(34)31-13-8-19(9-14-31)20-6-7-23-21(17-20)10-15-32(23)26(35)36-27(3,4)5/h6-8,10,15,17-18,22H,9,12-14,16H2,1-5H3,(H,29,33)(H,30,34). The van der Waals surface area contributed by atoms with Gasteiger partial charge in [-0.25, -0.2) is 9.59 Å². The van der Waals surface area contributed by atoms with Gasteiger partial charge in [0, 0.05) is 24.7 Å². The molecule has 1 aliphatic heterocycles. The Hall–Kier alpha value is -3.80. The molecular formula is C27H35N5O4. The molecular weight excluding hydrogens is 458 g/mol. The molecule has 36 heavy (non-hydrogen) atoms. The zero-order valence-corrected chi connectivity index (χ0v) is 21.6. The first kappa shape index (κ1) is 26.8. The van der Waals surface area contributed by atoms with E-state index in [1.165, 1.54) is 4.57 Å². The number of carbonyl (C=O) groups excluding carboxylic acids is 3. The molecule has 1 unspecified atom stereocenters. The highest BCUT2D eigenvalue weighted by atomic mass is 16.6. The van der Waals surface area contributed by atoms with Crippen LogP contribution in [0.4, 0.5) is 9.59 Å². The smallest absolute Gasteiger partial charge is 0.418 e. The summed E-state index contributed by atoms with van der Waals surface area (Å²) in [6, 6.07) is 8.71. The van der Waals surface area contributed by atoms with Gasteiger partial charge in [-0.05, 0) is 68.9 Å². The maximum atomic E-state index is 12.8. The van der Waals surface area contributed by atoms with Crippen LogP contribution in [0.5, 0.6) is 0 Å². The number of rotatable bonds is 6. The largest absolute Gasteiger partial charge is 0.443 e. The molecule has 2 aromatic rings. The maximum Gasteiger partial charge on any atom is 0.418 e. The minimum Gasteiger partial charge on any atom is -0.443 e. The van der Waals surface area contributed by atoms with Crippen LogP contribution >= 0.6 is 0 Å². The van der Waals surface area contributed by atoms with E-state index in [1.54, 1.807) is 11.1 Å². The topological polar surface area (TPSA) is 116 Å². The third-order valence-electron chi connectivity index (χ3n) is 5.81. The number of hydrogen-bond donors (Lipinski definition) is 2. The molecule has 0 bridgehead atoms. The van der Waals surface area contributed by atoms with Gasteiger partial charge in [0.25, 0.3) is 0 Å². The Morgan fingerprint density at radius 1 is 1.19 bits per heavy atom. The molecule has 1 aliphatic rings. The number of hydrogen-bond acceptors (Lipinski definition) is 5. The van der Waals surface area contributed by atoms with E-state index in [4.69, 9.17) is 10.00 Å². The minimum atomic E-state index is -0.687. The van der Waals surface area contributed by atoms with E-state index in [9.17, 15) is 14.4 Å². The fraction of sp³-hybridized carbons (Fsp3) is 0.481. The molecule has 0 saturated heterocycles. The van der Waals surface area contributed by atoms with Crippen molar-refractivity contribution in [2.45, 2.75) is 59.1 Å². The number of ether oxygens (including phenoxy) is 1. The molecule has 0 saturated carbocycles. The third-order valence-corrected chi connectivity index (χ3v) is 5.81. The Morgan fingerprint density at radius 2 is 1.94 bits per heavy atom. The number of nitrogens with one attached hydrogen (secondary N) is 2. The number of fused-ring (bicyclic) bond motifs is 1. The summed E-state index contributed by atoms with van der Waals surface area (Å²) < 4.78 is 6.99. The van der Waals surface area contributed by atoms with Crippen LogP contribution in [0.15, 0.2) is 36.5 Å². The first-order valence-electron chi connectivity index (χ1n) is 12.2. The molecule has 1 aromatic carbocycles. The van der Waals surface area contributed by atoms with Gasteiger partial charge in [0.15, 0.2) is 0 Å². The SMILES string of the molecule is CC(C)CC(NC(=O)N1CC=C(c2ccc3c(ccn3C(=O)OC(C)(C)C)c2)CC1)C(=O)NCC#N. The summed E-state index contributed by atoms with van der Waals surface area (Å²) >= 11 is 0. The van der Waals surface area contributed by atoms with Gasteiger partial charge in [0.2, 0.25) is 5.91 Å². The number of aromatic nitrogens is 1. The van der Waals surface area contributed by atoms with E-state index in [2.05, 4.69) is 10.6 Å². The van der Waals surface area contributed by atoms with Crippen molar-refractivity contribution in [3.63, 3.8) is 0 Å². The van der Waals surface area contributed by atoms with Crippen molar-refractivity contribution in [2.75, 3.05) is 19.6 Å². The molecule has 1 atom stereocenters. The fourth-order valence-electron chi connectivity index (χ4n) is 4.12. The lowest BCUT2D eigenvalue weighted by atomic mass is 9.98. The predicted molar refractivity (Wildman–Crippen MR) is 138 cm³/mol. The Labute approximate surface area is 212 Å². The molecule has 0 aliphatic carbocycles. The van der Waals surface area contributed by atoms with E-state index in [-0.39, 0.29) is 24.4 Å². The van der Waals surface area contributed by atoms with Crippen molar-refractivity contribution in [1.29, 1.82) is 5.26 Å². The van der Waals surface area contributed by atoms with Crippen molar-refractivity contribution >= 4 is 34.5 Å². The highest BCUT2D eigenvalue weighted by Crippen LogP contribution is 2.27. The van der Waals surface area contributed by atoms with Gasteiger partial charge >= 0.3 is 12.1 Å². The molecule has 0 radical (unpaired) electrons. The van der Waals surface area contributed by atoms with Crippen LogP contribution in [0.25, 0.3) is 16.5 Å². The van der Waals surface area contributed by atoms with Crippen molar-refractivity contribution in [2.24, 2.45) is 5.92 Å². The summed E-state index contributed by atoms with van der Waals surface area (Å²) in [7, 11) is 0. The van der Waals surface area contributed by atoms with Crippen molar-refractivity contribution in [3.05, 3.63) is 42.1 Å². The van der Waals surface area contributed by atoms with Crippen LogP contribution in [0.1, 0.15) is 53.0 Å². The number of urea groups is 1. The van der Waals surface area contributed by atoms with Crippen molar-refractivity contribution in [1.82, 2.24) is 20.1 Å². The second-order valence-corrected chi connectivity index (χ2v) is 10.4. The lowest BCUT2D eigenvalue weighted by Gasteiger charge is -2.29. The van der Waals surface area contributed by atoms with Crippen molar-refractivity contribution < 1.29 is 19.1 Å². The quantitative estimate of drug-likeness (QED) is 0.583. The van der Waals surface area contributed by atoms with Gasteiger partial charge in [-0.15, -0.1) is 0 Å². The van der Waals surface area contributed by atoms with E-state index in [0.29, 0.717) is 25.9 Å². The van der Waals surface area contributed by atoms with Gasteiger partial charge in [-0.1, -0.05) is 26.0 Å². The zero-order valence-electron chi connectivity index (χ0n) is 21.6. The molecule has 0 fully saturated rings. The second-order valence-electron chi connectivity index (χ2n) is 10.4. The predicted octanol–water partition coefficient (Wildman–Crippen LogP) is 4.28. The number of nitriles is 1. The summed E-state index contributed by atoms with van der Waals surface area (Å²) in [4.78, 5) is 39.4. The first-order chi connectivity index (χ1) is 17.0. The van der Waals surface area contributed by atoms with Crippen molar-refractivity contribution in [3.8, 4) is 6.07 Å². The van der Waals surface area contributed by atoms with Crippen LogP contribution in [0, 0.1) is 17.2 Å². The average Bonchev–Trinajstić information content (AvgIpc) is 3.24. The van der Waals surface area contributed by atoms with E-state index in [1.807, 2.05) is 71.0 Å². The number of benzene rings is 1. The Balaban J connectivity index is 1.67. The van der Waals surface area contributed by atoms with E-state index < -0.39 is 17.7 Å². The van der Waals surface area contributed by atoms with Crippen LogP contribution in [-0.2, 0) is 9.53 Å². The molecule has 3 rings (SSSR count). The molecule has 3 amide bonds. The van der Waals surface area contributed by atoms with Crippen LogP contribution in [0.3, 0.4) is 0 Å². The monoisotopic (exact) mass is 493 g/mol. The first-order valence-corrected chi connectivity index (χ1v) is 12.2. The van der Waals surface area contributed by atoms with Gasteiger partial charge < -0.3 is 20.3 Å². The summed E-state index contributed by atoms with van der Waals surface area (Å²) in [5.74, 6) is -0.144. The Kier molecular flexibility index (Phi) is 8.41. The summed E-state index contributed by atoms with van der Waals surface area (Å²) in [5, 5.41) is 15.0. The molecule has 9 nitrogen and oxygen atoms in total. The average molecular weight is 494 g/mol. The number of carbonyl (C=O) groups is 3. The maximum absolute atomic E-state index is 12.8. The Morgan fingerprint density at radius 3 is 2.56 bits per heavy atom. The second kappa shape index (κ2) is 11.3. The Bertz CT molecular complexity index is 1200. The highest BCUT2D eigenvalue weighted by Gasteiger charge is 2.26. The molecule has 0 spiro atoms. The van der Waals surface area contributed by atoms with Crippen LogP contribution in [0.2, 0.25) is 0 Å². The van der Waals surface area contributed by atoms with E-state index in [0.717, 1.165) is 22.0 Å². The lowest BCUT2D eigenvalue weighted by molar-refractivity contribution is -0.123. The molecule has 2 N–H and O–H groups in total. The van der Waals surface area contributed by atoms with E-state index >= 15 is 0 Å². The van der Waals surface area contributed by atoms with Gasteiger partial charge in [0.05, 0.1) is 11.6 Å². The zero-order chi connectivity index (χ0) is 26.5. The third kappa shape index (κ3) is 6.87. The van der Waals surface area contributed by atoms with Gasteiger partial charge in [-0.2, -0.15) is 5.26 Å². The molecule has 192 valence electrons. The highest BCUT2D eigenvalue weighted by molar-refractivity contribution is 5.92. The van der Waals surface area contributed by atoms with Gasteiger partial charge in [-0.3, -0.25) is 9.36 Å². The fourth-order valence-corrected chi connectivity index (χ4v) is 4.12. The summed E-state index contributed by atoms with van der Waals surface area (Å²) in [6.07, 6.45) is 4.47. The van der Waals surface area contributed by atoms with Crippen LogP contribution < -0.4 is 10.6 Å². The summed E-state index contributed by atoms with van der Waals surface area (Å²) in [5.41, 5.74) is 2.36. The molecule has 1 aromatic heterocycles.